The van der Waals surface area contributed by atoms with Crippen molar-refractivity contribution in [3.63, 3.8) is 0 Å². The fourth-order valence-electron chi connectivity index (χ4n) is 5.42. The van der Waals surface area contributed by atoms with Gasteiger partial charge in [0.2, 0.25) is 0 Å². The van der Waals surface area contributed by atoms with E-state index in [-0.39, 0.29) is 11.8 Å². The summed E-state index contributed by atoms with van der Waals surface area (Å²) in [4.78, 5) is 13.9. The van der Waals surface area contributed by atoms with Crippen LogP contribution in [0, 0.1) is 0 Å². The van der Waals surface area contributed by atoms with Crippen molar-refractivity contribution in [3.05, 3.63) is 144 Å². The van der Waals surface area contributed by atoms with E-state index in [1.54, 1.807) is 0 Å². The summed E-state index contributed by atoms with van der Waals surface area (Å²) in [6.07, 6.45) is 8.31. The molecule has 2 nitrogen and oxygen atoms in total. The molecule has 0 fully saturated rings. The van der Waals surface area contributed by atoms with Crippen LogP contribution in [0.3, 0.4) is 0 Å². The summed E-state index contributed by atoms with van der Waals surface area (Å²) in [5, 5.41) is 3.98. The number of carbonyl (C=O) groups is 1. The van der Waals surface area contributed by atoms with Crippen LogP contribution in [0.2, 0.25) is 0 Å². The number of rotatable bonds is 15. The highest BCUT2D eigenvalue weighted by Gasteiger charge is 2.39. The van der Waals surface area contributed by atoms with E-state index >= 15 is 0 Å². The number of Topliss-reactive ketones (excluding diaryl/α,β-unsaturated/α-hetero) is 1. The van der Waals surface area contributed by atoms with Crippen molar-refractivity contribution < 1.29 is 4.79 Å². The number of hydrogen-bond donors (Lipinski definition) is 1. The number of hydrogen-bond acceptors (Lipinski definition) is 2. The Morgan fingerprint density at radius 3 is 1.50 bits per heavy atom. The lowest BCUT2D eigenvalue weighted by molar-refractivity contribution is -0.121. The first kappa shape index (κ1) is 27.5. The predicted molar refractivity (Wildman–Crippen MR) is 159 cm³/mol. The molecule has 0 aliphatic heterocycles. The minimum Gasteiger partial charge on any atom is -0.298 e. The number of nitrogens with one attached hydrogen (secondary N) is 1. The van der Waals surface area contributed by atoms with Crippen LogP contribution in [-0.2, 0) is 16.8 Å². The van der Waals surface area contributed by atoms with E-state index in [1.165, 1.54) is 31.2 Å². The molecule has 0 heterocycles. The van der Waals surface area contributed by atoms with Gasteiger partial charge in [0.25, 0.3) is 0 Å². The fraction of sp³-hybridized carbons (Fsp3) is 0.306. The zero-order valence-corrected chi connectivity index (χ0v) is 22.7. The summed E-state index contributed by atoms with van der Waals surface area (Å²) in [5.74, 6) is 0.288. The van der Waals surface area contributed by atoms with Gasteiger partial charge in [-0.05, 0) is 35.1 Å². The van der Waals surface area contributed by atoms with E-state index in [1.807, 2.05) is 6.07 Å². The second-order valence-electron chi connectivity index (χ2n) is 10.2. The van der Waals surface area contributed by atoms with Crippen LogP contribution in [0.25, 0.3) is 0 Å². The highest BCUT2D eigenvalue weighted by molar-refractivity contribution is 5.84. The van der Waals surface area contributed by atoms with Gasteiger partial charge >= 0.3 is 0 Å². The summed E-state index contributed by atoms with van der Waals surface area (Å²) in [7, 11) is 0. The quantitative estimate of drug-likeness (QED) is 0.130. The van der Waals surface area contributed by atoms with Gasteiger partial charge in [0.05, 0.1) is 11.6 Å². The predicted octanol–water partition coefficient (Wildman–Crippen LogP) is 8.50. The topological polar surface area (TPSA) is 29.1 Å². The Hall–Kier alpha value is -3.49. The number of carbonyl (C=O) groups excluding carboxylic acids is 1. The van der Waals surface area contributed by atoms with Gasteiger partial charge in [0, 0.05) is 6.42 Å². The summed E-state index contributed by atoms with van der Waals surface area (Å²) in [5.41, 5.74) is 3.89. The standard InChI is InChI=1S/C36H41NO/c1-2-3-4-5-6-19-28-35(38)34(29-30-20-11-7-12-21-30)37-36(31-22-13-8-14-23-31,32-24-15-9-16-25-32)33-26-17-10-18-27-33/h7-18,20-27,34,37H,2-6,19,28-29H2,1H3/t34-/m0/s1. The van der Waals surface area contributed by atoms with Crippen molar-refractivity contribution in [3.8, 4) is 0 Å². The summed E-state index contributed by atoms with van der Waals surface area (Å²) in [6.45, 7) is 2.24. The van der Waals surface area contributed by atoms with Gasteiger partial charge in [-0.25, -0.2) is 0 Å². The van der Waals surface area contributed by atoms with Gasteiger partial charge in [-0.3, -0.25) is 10.1 Å². The normalized spacial score (nSPS) is 12.2. The number of benzene rings is 4. The molecule has 0 bridgehead atoms. The Morgan fingerprint density at radius 2 is 1.03 bits per heavy atom. The van der Waals surface area contributed by atoms with Gasteiger partial charge in [-0.15, -0.1) is 0 Å². The molecule has 196 valence electrons. The van der Waals surface area contributed by atoms with E-state index in [0.29, 0.717) is 12.8 Å². The average Bonchev–Trinajstić information content (AvgIpc) is 2.99. The maximum Gasteiger partial charge on any atom is 0.150 e. The largest absolute Gasteiger partial charge is 0.298 e. The molecule has 0 aliphatic carbocycles. The van der Waals surface area contributed by atoms with Crippen molar-refractivity contribution in [1.82, 2.24) is 5.32 Å². The maximum absolute atomic E-state index is 13.9. The lowest BCUT2D eigenvalue weighted by Crippen LogP contribution is -2.53. The highest BCUT2D eigenvalue weighted by atomic mass is 16.1. The van der Waals surface area contributed by atoms with Gasteiger partial charge in [-0.1, -0.05) is 160 Å². The molecule has 2 heteroatoms. The van der Waals surface area contributed by atoms with Gasteiger partial charge in [-0.2, -0.15) is 0 Å². The fourth-order valence-corrected chi connectivity index (χ4v) is 5.42. The van der Waals surface area contributed by atoms with E-state index in [9.17, 15) is 4.79 Å². The van der Waals surface area contributed by atoms with Crippen LogP contribution in [0.5, 0.6) is 0 Å². The van der Waals surface area contributed by atoms with Crippen molar-refractivity contribution in [2.24, 2.45) is 0 Å². The molecular weight excluding hydrogens is 462 g/mol. The third-order valence-corrected chi connectivity index (χ3v) is 7.46. The second-order valence-corrected chi connectivity index (χ2v) is 10.2. The Morgan fingerprint density at radius 1 is 0.605 bits per heavy atom. The first-order valence-electron chi connectivity index (χ1n) is 14.2. The van der Waals surface area contributed by atoms with Crippen molar-refractivity contribution in [1.29, 1.82) is 0 Å². The second kappa shape index (κ2) is 14.4. The number of ketones is 1. The smallest absolute Gasteiger partial charge is 0.150 e. The molecule has 0 unspecified atom stereocenters. The van der Waals surface area contributed by atoms with Crippen LogP contribution in [0.15, 0.2) is 121 Å². The molecule has 0 saturated heterocycles. The Kier molecular flexibility index (Phi) is 10.5. The number of unbranched alkanes of at least 4 members (excludes halogenated alkanes) is 5. The summed E-state index contributed by atoms with van der Waals surface area (Å²) in [6, 6.07) is 41.8. The molecule has 0 radical (unpaired) electrons. The molecule has 4 rings (SSSR count). The molecule has 4 aromatic rings. The van der Waals surface area contributed by atoms with E-state index in [0.717, 1.165) is 29.5 Å². The van der Waals surface area contributed by atoms with Crippen LogP contribution in [0.1, 0.15) is 74.1 Å². The minimum absolute atomic E-state index is 0.288. The van der Waals surface area contributed by atoms with Crippen LogP contribution >= 0.6 is 0 Å². The van der Waals surface area contributed by atoms with Gasteiger partial charge in [0.1, 0.15) is 5.78 Å². The molecule has 1 N–H and O–H groups in total. The minimum atomic E-state index is -0.667. The maximum atomic E-state index is 13.9. The Balaban J connectivity index is 1.73. The molecule has 0 saturated carbocycles. The average molecular weight is 504 g/mol. The van der Waals surface area contributed by atoms with Crippen LogP contribution in [-0.4, -0.2) is 11.8 Å². The Bertz CT molecular complexity index is 1110. The molecule has 1 atom stereocenters. The molecule has 38 heavy (non-hydrogen) atoms. The molecule has 4 aromatic carbocycles. The third-order valence-electron chi connectivity index (χ3n) is 7.46. The third kappa shape index (κ3) is 7.08. The lowest BCUT2D eigenvalue weighted by atomic mass is 9.76. The Labute approximate surface area is 229 Å². The van der Waals surface area contributed by atoms with Crippen molar-refractivity contribution >= 4 is 5.78 Å². The monoisotopic (exact) mass is 503 g/mol. The van der Waals surface area contributed by atoms with Crippen LogP contribution in [0.4, 0.5) is 0 Å². The molecule has 0 aromatic heterocycles. The molecule has 0 spiro atoms. The van der Waals surface area contributed by atoms with Crippen LogP contribution < -0.4 is 5.32 Å². The first-order chi connectivity index (χ1) is 18.7. The molecule has 0 amide bonds. The SMILES string of the molecule is CCCCCCCCC(=O)[C@H](Cc1ccccc1)NC(c1ccccc1)(c1ccccc1)c1ccccc1. The zero-order chi connectivity index (χ0) is 26.5. The molecular formula is C36H41NO. The zero-order valence-electron chi connectivity index (χ0n) is 22.7. The summed E-state index contributed by atoms with van der Waals surface area (Å²) < 4.78 is 0. The van der Waals surface area contributed by atoms with E-state index in [4.69, 9.17) is 0 Å². The van der Waals surface area contributed by atoms with E-state index in [2.05, 4.69) is 128 Å². The summed E-state index contributed by atoms with van der Waals surface area (Å²) >= 11 is 0. The highest BCUT2D eigenvalue weighted by Crippen LogP contribution is 2.37. The van der Waals surface area contributed by atoms with E-state index < -0.39 is 5.54 Å². The van der Waals surface area contributed by atoms with Crippen molar-refractivity contribution in [2.75, 3.05) is 0 Å². The first-order valence-corrected chi connectivity index (χ1v) is 14.2. The lowest BCUT2D eigenvalue weighted by Gasteiger charge is -2.40. The molecule has 0 aliphatic rings. The van der Waals surface area contributed by atoms with Gasteiger partial charge in [0.15, 0.2) is 0 Å². The van der Waals surface area contributed by atoms with Gasteiger partial charge < -0.3 is 0 Å². The van der Waals surface area contributed by atoms with Crippen molar-refractivity contribution in [2.45, 2.75) is 69.9 Å².